The van der Waals surface area contributed by atoms with E-state index in [1.165, 1.54) is 11.8 Å². The third-order valence-electron chi connectivity index (χ3n) is 4.44. The minimum absolute atomic E-state index is 0.149. The molecule has 1 aromatic carbocycles. The van der Waals surface area contributed by atoms with Crippen LogP contribution in [-0.4, -0.2) is 28.4 Å². The number of pyridine rings is 1. The summed E-state index contributed by atoms with van der Waals surface area (Å²) < 4.78 is 5.82. The summed E-state index contributed by atoms with van der Waals surface area (Å²) in [5, 5.41) is 2.82. The first kappa shape index (κ1) is 17.9. The number of benzene rings is 1. The molecule has 1 atom stereocenters. The molecular formula is C20H23N3O3. The van der Waals surface area contributed by atoms with Crippen LogP contribution in [0, 0.1) is 6.92 Å². The van der Waals surface area contributed by atoms with E-state index < -0.39 is 17.4 Å². The minimum Gasteiger partial charge on any atom is -0.464 e. The lowest BCUT2D eigenvalue weighted by atomic mass is 9.99. The van der Waals surface area contributed by atoms with Crippen molar-refractivity contribution < 1.29 is 14.3 Å². The Morgan fingerprint density at radius 3 is 2.62 bits per heavy atom. The quantitative estimate of drug-likeness (QED) is 0.858. The molecule has 1 aromatic heterocycles. The predicted molar refractivity (Wildman–Crippen MR) is 98.9 cm³/mol. The molecular weight excluding hydrogens is 330 g/mol. The summed E-state index contributed by atoms with van der Waals surface area (Å²) in [7, 11) is 0. The van der Waals surface area contributed by atoms with Crippen LogP contribution >= 0.6 is 0 Å². The summed E-state index contributed by atoms with van der Waals surface area (Å²) in [6.07, 6.45) is 1.60. The topological polar surface area (TPSA) is 71.5 Å². The van der Waals surface area contributed by atoms with Crippen molar-refractivity contribution in [2.75, 3.05) is 4.90 Å². The number of ether oxygens (including phenoxy) is 1. The maximum Gasteiger partial charge on any atom is 0.282 e. The summed E-state index contributed by atoms with van der Waals surface area (Å²) in [4.78, 5) is 31.7. The second kappa shape index (κ2) is 6.78. The number of amides is 2. The zero-order chi connectivity index (χ0) is 18.9. The number of aryl methyl sites for hydroxylation is 1. The number of carbonyl (C=O) groups excluding carboxylic acids is 2. The van der Waals surface area contributed by atoms with Gasteiger partial charge in [0.1, 0.15) is 0 Å². The first-order chi connectivity index (χ1) is 12.3. The van der Waals surface area contributed by atoms with Gasteiger partial charge in [0.05, 0.1) is 0 Å². The highest BCUT2D eigenvalue weighted by Crippen LogP contribution is 2.37. The van der Waals surface area contributed by atoms with E-state index in [1.54, 1.807) is 18.3 Å². The first-order valence-electron chi connectivity index (χ1n) is 8.64. The van der Waals surface area contributed by atoms with Crippen molar-refractivity contribution in [2.45, 2.75) is 45.9 Å². The number of fused-ring (bicyclic) bond motifs is 1. The smallest absolute Gasteiger partial charge is 0.282 e. The van der Waals surface area contributed by atoms with Crippen molar-refractivity contribution in [3.63, 3.8) is 0 Å². The molecule has 0 unspecified atom stereocenters. The van der Waals surface area contributed by atoms with Gasteiger partial charge < -0.3 is 10.1 Å². The van der Waals surface area contributed by atoms with E-state index >= 15 is 0 Å². The van der Waals surface area contributed by atoms with E-state index in [-0.39, 0.29) is 6.04 Å². The Labute approximate surface area is 153 Å². The number of nitrogens with one attached hydrogen (secondary N) is 1. The van der Waals surface area contributed by atoms with Gasteiger partial charge in [-0.3, -0.25) is 14.5 Å². The number of carbonyl (C=O) groups is 2. The number of aromatic nitrogens is 1. The highest BCUT2D eigenvalue weighted by molar-refractivity contribution is 6.16. The molecule has 1 aliphatic rings. The van der Waals surface area contributed by atoms with Crippen LogP contribution in [0.3, 0.4) is 0 Å². The maximum absolute atomic E-state index is 13.0. The number of hydrogen-bond donors (Lipinski definition) is 1. The fourth-order valence-corrected chi connectivity index (χ4v) is 2.91. The van der Waals surface area contributed by atoms with Crippen LogP contribution in [0.15, 0.2) is 42.6 Å². The van der Waals surface area contributed by atoms with E-state index in [1.807, 2.05) is 45.0 Å². The average Bonchev–Trinajstić information content (AvgIpc) is 2.61. The van der Waals surface area contributed by atoms with Crippen molar-refractivity contribution in [1.29, 1.82) is 0 Å². The summed E-state index contributed by atoms with van der Waals surface area (Å²) in [5.41, 5.74) is 0.471. The third-order valence-corrected chi connectivity index (χ3v) is 4.44. The normalized spacial score (nSPS) is 19.1. The summed E-state index contributed by atoms with van der Waals surface area (Å²) in [5.74, 6) is -0.0200. The van der Waals surface area contributed by atoms with E-state index in [4.69, 9.17) is 4.74 Å². The second-order valence-electron chi connectivity index (χ2n) is 6.90. The Bertz CT molecular complexity index is 832. The van der Waals surface area contributed by atoms with Crippen LogP contribution < -0.4 is 15.0 Å². The Kier molecular flexibility index (Phi) is 4.68. The van der Waals surface area contributed by atoms with Gasteiger partial charge in [-0.25, -0.2) is 4.98 Å². The molecule has 0 bridgehead atoms. The number of nitrogens with zero attached hydrogens (tertiary/aromatic N) is 2. The van der Waals surface area contributed by atoms with Gasteiger partial charge in [0.25, 0.3) is 17.4 Å². The minimum atomic E-state index is -1.63. The Morgan fingerprint density at radius 1 is 1.27 bits per heavy atom. The van der Waals surface area contributed by atoms with Gasteiger partial charge in [-0.2, -0.15) is 0 Å². The molecule has 0 spiro atoms. The molecule has 0 radical (unpaired) electrons. The van der Waals surface area contributed by atoms with Crippen LogP contribution in [-0.2, 0) is 16.1 Å². The van der Waals surface area contributed by atoms with Crippen LogP contribution in [0.1, 0.15) is 31.9 Å². The Hall–Kier alpha value is -2.89. The molecule has 0 saturated carbocycles. The first-order valence-corrected chi connectivity index (χ1v) is 8.64. The number of anilines is 1. The summed E-state index contributed by atoms with van der Waals surface area (Å²) in [6, 6.07) is 11.1. The Balaban J connectivity index is 1.84. The van der Waals surface area contributed by atoms with Gasteiger partial charge in [0, 0.05) is 18.8 Å². The summed E-state index contributed by atoms with van der Waals surface area (Å²) >= 11 is 0. The molecule has 136 valence electrons. The molecule has 6 nitrogen and oxygen atoms in total. The van der Waals surface area contributed by atoms with Gasteiger partial charge in [-0.1, -0.05) is 29.8 Å². The van der Waals surface area contributed by atoms with Gasteiger partial charge in [0.15, 0.2) is 11.6 Å². The van der Waals surface area contributed by atoms with Gasteiger partial charge in [-0.05, 0) is 45.4 Å². The fraction of sp³-hybridized carbons (Fsp3) is 0.350. The third kappa shape index (κ3) is 3.14. The lowest BCUT2D eigenvalue weighted by Crippen LogP contribution is -2.63. The highest BCUT2D eigenvalue weighted by atomic mass is 16.5. The van der Waals surface area contributed by atoms with E-state index in [9.17, 15) is 9.59 Å². The van der Waals surface area contributed by atoms with Crippen LogP contribution in [0.4, 0.5) is 5.82 Å². The zero-order valence-electron chi connectivity index (χ0n) is 15.4. The standard InChI is InChI=1S/C20H23N3O3/c1-13(2)23-17-16(6-5-11-21-17)26-20(4,19(23)25)18(24)22-12-15-9-7-14(3)8-10-15/h5-11,13H,12H2,1-4H3,(H,22,24)/t20-/m1/s1. The SMILES string of the molecule is Cc1ccc(CNC(=O)[C@@]2(C)Oc3cccnc3N(C(C)C)C2=O)cc1. The van der Waals surface area contributed by atoms with E-state index in [0.717, 1.165) is 11.1 Å². The largest absolute Gasteiger partial charge is 0.464 e. The van der Waals surface area contributed by atoms with Crippen molar-refractivity contribution >= 4 is 17.6 Å². The van der Waals surface area contributed by atoms with Crippen molar-refractivity contribution in [3.8, 4) is 5.75 Å². The van der Waals surface area contributed by atoms with Crippen LogP contribution in [0.25, 0.3) is 0 Å². The molecule has 0 fully saturated rings. The molecule has 1 N–H and O–H groups in total. The number of hydrogen-bond acceptors (Lipinski definition) is 4. The lowest BCUT2D eigenvalue weighted by molar-refractivity contribution is -0.148. The molecule has 2 aromatic rings. The van der Waals surface area contributed by atoms with Gasteiger partial charge in [0.2, 0.25) is 0 Å². The van der Waals surface area contributed by atoms with Gasteiger partial charge >= 0.3 is 0 Å². The van der Waals surface area contributed by atoms with Gasteiger partial charge in [-0.15, -0.1) is 0 Å². The molecule has 2 heterocycles. The predicted octanol–water partition coefficient (Wildman–Crippen LogP) is 2.60. The van der Waals surface area contributed by atoms with E-state index in [0.29, 0.717) is 18.1 Å². The highest BCUT2D eigenvalue weighted by Gasteiger charge is 2.51. The Morgan fingerprint density at radius 2 is 1.96 bits per heavy atom. The van der Waals surface area contributed by atoms with Crippen molar-refractivity contribution in [2.24, 2.45) is 0 Å². The maximum atomic E-state index is 13.0. The van der Waals surface area contributed by atoms with Crippen molar-refractivity contribution in [1.82, 2.24) is 10.3 Å². The molecule has 1 aliphatic heterocycles. The fourth-order valence-electron chi connectivity index (χ4n) is 2.91. The molecule has 3 rings (SSSR count). The second-order valence-corrected chi connectivity index (χ2v) is 6.90. The van der Waals surface area contributed by atoms with Crippen LogP contribution in [0.2, 0.25) is 0 Å². The van der Waals surface area contributed by atoms with Crippen LogP contribution in [0.5, 0.6) is 5.75 Å². The summed E-state index contributed by atoms with van der Waals surface area (Å²) in [6.45, 7) is 7.60. The van der Waals surface area contributed by atoms with E-state index in [2.05, 4.69) is 10.3 Å². The molecule has 0 saturated heterocycles. The molecule has 0 aliphatic carbocycles. The average molecular weight is 353 g/mol. The molecule has 6 heteroatoms. The monoisotopic (exact) mass is 353 g/mol. The number of rotatable bonds is 4. The zero-order valence-corrected chi connectivity index (χ0v) is 15.4. The molecule has 2 amide bonds. The lowest BCUT2D eigenvalue weighted by Gasteiger charge is -2.40. The van der Waals surface area contributed by atoms with Crippen molar-refractivity contribution in [3.05, 3.63) is 53.7 Å². The molecule has 26 heavy (non-hydrogen) atoms.